The van der Waals surface area contributed by atoms with Gasteiger partial charge in [0.15, 0.2) is 11.5 Å². The Kier molecular flexibility index (Phi) is 6.54. The smallest absolute Gasteiger partial charge is 0.258 e. The highest BCUT2D eigenvalue weighted by Crippen LogP contribution is 2.28. The Morgan fingerprint density at radius 2 is 1.86 bits per heavy atom. The fourth-order valence-electron chi connectivity index (χ4n) is 3.20. The molecule has 0 unspecified atom stereocenters. The minimum absolute atomic E-state index is 0.134. The summed E-state index contributed by atoms with van der Waals surface area (Å²) in [7, 11) is 3.25. The number of ether oxygens (including phenoxy) is 2. The summed E-state index contributed by atoms with van der Waals surface area (Å²) in [5.74, 6) is 1.41. The van der Waals surface area contributed by atoms with Crippen LogP contribution in [0.4, 0.5) is 0 Å². The molecule has 2 heterocycles. The number of hydrogen-bond donors (Lipinski definition) is 0. The summed E-state index contributed by atoms with van der Waals surface area (Å²) in [6, 6.07) is 11.0. The highest BCUT2D eigenvalue weighted by atomic mass is 35.5. The van der Waals surface area contributed by atoms with Crippen molar-refractivity contribution in [2.75, 3.05) is 20.8 Å². The van der Waals surface area contributed by atoms with Gasteiger partial charge < -0.3 is 9.47 Å². The molecule has 2 aromatic heterocycles. The van der Waals surface area contributed by atoms with Gasteiger partial charge in [-0.15, -0.1) is 0 Å². The van der Waals surface area contributed by atoms with Crippen molar-refractivity contribution in [2.45, 2.75) is 26.4 Å². The topological polar surface area (TPSA) is 56.1 Å². The summed E-state index contributed by atoms with van der Waals surface area (Å²) in [5, 5.41) is 0.505. The molecule has 3 aromatic rings. The van der Waals surface area contributed by atoms with E-state index in [0.717, 1.165) is 30.8 Å². The zero-order chi connectivity index (χ0) is 20.1. The Hall–Kier alpha value is -2.57. The normalized spacial score (nSPS) is 11.2. The summed E-state index contributed by atoms with van der Waals surface area (Å²) in [4.78, 5) is 19.3. The van der Waals surface area contributed by atoms with E-state index in [1.807, 2.05) is 18.2 Å². The molecule has 0 saturated carbocycles. The quantitative estimate of drug-likeness (QED) is 0.575. The van der Waals surface area contributed by atoms with Crippen LogP contribution in [-0.2, 0) is 13.1 Å². The van der Waals surface area contributed by atoms with Crippen molar-refractivity contribution >= 4 is 17.2 Å². The number of benzene rings is 1. The Bertz CT molecular complexity index is 1020. The van der Waals surface area contributed by atoms with Crippen LogP contribution in [-0.4, -0.2) is 35.0 Å². The third-order valence-corrected chi connectivity index (χ3v) is 4.68. The van der Waals surface area contributed by atoms with E-state index in [2.05, 4.69) is 16.8 Å². The zero-order valence-electron chi connectivity index (χ0n) is 16.3. The maximum atomic E-state index is 12.4. The molecular formula is C21H24ClN3O3. The lowest BCUT2D eigenvalue weighted by atomic mass is 10.1. The lowest BCUT2D eigenvalue weighted by Crippen LogP contribution is -2.26. The minimum atomic E-state index is -0.134. The van der Waals surface area contributed by atoms with E-state index in [9.17, 15) is 4.79 Å². The molecule has 0 bridgehead atoms. The Morgan fingerprint density at radius 1 is 1.07 bits per heavy atom. The van der Waals surface area contributed by atoms with Gasteiger partial charge in [0.05, 0.1) is 24.9 Å². The SMILES string of the molecule is CCCN(Cc1ccc(OC)c(OC)c1)Cc1cc(=O)n2cc(Cl)ccc2n1. The lowest BCUT2D eigenvalue weighted by molar-refractivity contribution is 0.253. The number of hydrogen-bond acceptors (Lipinski definition) is 5. The van der Waals surface area contributed by atoms with E-state index in [1.165, 1.54) is 4.40 Å². The summed E-state index contributed by atoms with van der Waals surface area (Å²) in [6.45, 7) is 4.31. The first-order valence-corrected chi connectivity index (χ1v) is 9.53. The highest BCUT2D eigenvalue weighted by molar-refractivity contribution is 6.30. The second kappa shape index (κ2) is 9.08. The molecule has 28 heavy (non-hydrogen) atoms. The fourth-order valence-corrected chi connectivity index (χ4v) is 3.36. The Balaban J connectivity index is 1.84. The van der Waals surface area contributed by atoms with Gasteiger partial charge in [0.25, 0.3) is 5.56 Å². The molecule has 0 radical (unpaired) electrons. The number of nitrogens with zero attached hydrogens (tertiary/aromatic N) is 3. The van der Waals surface area contributed by atoms with Gasteiger partial charge in [-0.05, 0) is 42.8 Å². The van der Waals surface area contributed by atoms with Crippen molar-refractivity contribution in [3.8, 4) is 11.5 Å². The van der Waals surface area contributed by atoms with Gasteiger partial charge in [-0.2, -0.15) is 0 Å². The molecule has 6 nitrogen and oxygen atoms in total. The van der Waals surface area contributed by atoms with Crippen LogP contribution in [0.15, 0.2) is 47.4 Å². The van der Waals surface area contributed by atoms with Crippen molar-refractivity contribution in [3.05, 3.63) is 69.2 Å². The number of fused-ring (bicyclic) bond motifs is 1. The second-order valence-corrected chi connectivity index (χ2v) is 7.00. The van der Waals surface area contributed by atoms with Crippen LogP contribution in [0.3, 0.4) is 0 Å². The number of methoxy groups -OCH3 is 2. The summed E-state index contributed by atoms with van der Waals surface area (Å²) < 4.78 is 12.2. The van der Waals surface area contributed by atoms with Crippen molar-refractivity contribution < 1.29 is 9.47 Å². The van der Waals surface area contributed by atoms with Gasteiger partial charge in [0, 0.05) is 25.4 Å². The predicted octanol–water partition coefficient (Wildman–Crippen LogP) is 3.78. The fraction of sp³-hybridized carbons (Fsp3) is 0.333. The Morgan fingerprint density at radius 3 is 2.57 bits per heavy atom. The maximum absolute atomic E-state index is 12.4. The van der Waals surface area contributed by atoms with Crippen LogP contribution in [0, 0.1) is 0 Å². The summed E-state index contributed by atoms with van der Waals surface area (Å²) in [5.41, 5.74) is 2.30. The third kappa shape index (κ3) is 4.64. The molecule has 0 atom stereocenters. The molecule has 148 valence electrons. The van der Waals surface area contributed by atoms with Crippen LogP contribution >= 0.6 is 11.6 Å². The predicted molar refractivity (Wildman–Crippen MR) is 110 cm³/mol. The van der Waals surface area contributed by atoms with Crippen molar-refractivity contribution in [2.24, 2.45) is 0 Å². The van der Waals surface area contributed by atoms with Gasteiger partial charge in [0.1, 0.15) is 5.65 Å². The molecular weight excluding hydrogens is 378 g/mol. The van der Waals surface area contributed by atoms with E-state index in [4.69, 9.17) is 21.1 Å². The van der Waals surface area contributed by atoms with E-state index < -0.39 is 0 Å². The maximum Gasteiger partial charge on any atom is 0.258 e. The van der Waals surface area contributed by atoms with Crippen molar-refractivity contribution in [1.29, 1.82) is 0 Å². The number of rotatable bonds is 8. The monoisotopic (exact) mass is 401 g/mol. The zero-order valence-corrected chi connectivity index (χ0v) is 17.1. The van der Waals surface area contributed by atoms with Gasteiger partial charge in [0.2, 0.25) is 0 Å². The van der Waals surface area contributed by atoms with E-state index in [-0.39, 0.29) is 5.56 Å². The van der Waals surface area contributed by atoms with Gasteiger partial charge >= 0.3 is 0 Å². The molecule has 0 aliphatic heterocycles. The first kappa shape index (κ1) is 20.2. The van der Waals surface area contributed by atoms with Crippen molar-refractivity contribution in [1.82, 2.24) is 14.3 Å². The molecule has 0 fully saturated rings. The first-order chi connectivity index (χ1) is 13.5. The van der Waals surface area contributed by atoms with Crippen LogP contribution in [0.2, 0.25) is 5.02 Å². The molecule has 3 rings (SSSR count). The average Bonchev–Trinajstić information content (AvgIpc) is 2.68. The second-order valence-electron chi connectivity index (χ2n) is 6.56. The summed E-state index contributed by atoms with van der Waals surface area (Å²) >= 11 is 5.98. The first-order valence-electron chi connectivity index (χ1n) is 9.15. The van der Waals surface area contributed by atoms with Crippen LogP contribution < -0.4 is 15.0 Å². The number of aromatic nitrogens is 2. The highest BCUT2D eigenvalue weighted by Gasteiger charge is 2.12. The van der Waals surface area contributed by atoms with Crippen LogP contribution in [0.25, 0.3) is 5.65 Å². The van der Waals surface area contributed by atoms with E-state index in [0.29, 0.717) is 28.7 Å². The summed E-state index contributed by atoms with van der Waals surface area (Å²) in [6.07, 6.45) is 2.58. The van der Waals surface area contributed by atoms with Gasteiger partial charge in [-0.3, -0.25) is 14.1 Å². The minimum Gasteiger partial charge on any atom is -0.493 e. The molecule has 0 saturated heterocycles. The largest absolute Gasteiger partial charge is 0.493 e. The molecule has 0 aliphatic rings. The van der Waals surface area contributed by atoms with Gasteiger partial charge in [-0.1, -0.05) is 24.6 Å². The van der Waals surface area contributed by atoms with Crippen LogP contribution in [0.1, 0.15) is 24.6 Å². The third-order valence-electron chi connectivity index (χ3n) is 4.46. The Labute approximate surface area is 169 Å². The lowest BCUT2D eigenvalue weighted by Gasteiger charge is -2.22. The number of halogens is 1. The standard InChI is InChI=1S/C21H24ClN3O3/c1-4-9-24(12-15-5-7-18(27-2)19(10-15)28-3)14-17-11-21(26)25-13-16(22)6-8-20(25)23-17/h5-8,10-11,13H,4,9,12,14H2,1-3H3. The molecule has 0 N–H and O–H groups in total. The molecule has 0 aliphatic carbocycles. The average molecular weight is 402 g/mol. The van der Waals surface area contributed by atoms with Gasteiger partial charge in [-0.25, -0.2) is 4.98 Å². The molecule has 7 heteroatoms. The molecule has 0 spiro atoms. The van der Waals surface area contributed by atoms with Crippen LogP contribution in [0.5, 0.6) is 11.5 Å². The molecule has 1 aromatic carbocycles. The van der Waals surface area contributed by atoms with Crippen molar-refractivity contribution in [3.63, 3.8) is 0 Å². The number of pyridine rings is 1. The van der Waals surface area contributed by atoms with E-state index in [1.54, 1.807) is 38.6 Å². The molecule has 0 amide bonds. The van der Waals surface area contributed by atoms with E-state index >= 15 is 0 Å².